The van der Waals surface area contributed by atoms with Gasteiger partial charge in [0.1, 0.15) is 11.0 Å². The van der Waals surface area contributed by atoms with Crippen molar-refractivity contribution in [1.82, 2.24) is 0 Å². The number of alkyl halides is 4. The van der Waals surface area contributed by atoms with Gasteiger partial charge in [-0.1, -0.05) is 0 Å². The van der Waals surface area contributed by atoms with Crippen LogP contribution < -0.4 is 0 Å². The smallest absolute Gasteiger partial charge is 0.386 e. The number of hydrogen-bond donors (Lipinski definition) is 1. The molecule has 1 aromatic rings. The highest BCUT2D eigenvalue weighted by atomic mass is 35.5. The predicted molar refractivity (Wildman–Crippen MR) is 45.0 cm³/mol. The molecule has 0 aliphatic rings. The van der Waals surface area contributed by atoms with E-state index < -0.39 is 17.2 Å². The van der Waals surface area contributed by atoms with Gasteiger partial charge in [0.2, 0.25) is 0 Å². The Morgan fingerprint density at radius 2 is 2.08 bits per heavy atom. The van der Waals surface area contributed by atoms with Gasteiger partial charge >= 0.3 is 6.18 Å². The second-order valence-corrected chi connectivity index (χ2v) is 3.79. The summed E-state index contributed by atoms with van der Waals surface area (Å²) in [7, 11) is 0. The molecule has 1 N–H and O–H groups in total. The van der Waals surface area contributed by atoms with E-state index in [0.717, 1.165) is 6.07 Å². The van der Waals surface area contributed by atoms with Gasteiger partial charge in [-0.25, -0.2) is 0 Å². The molecule has 1 unspecified atom stereocenters. The third-order valence-corrected chi connectivity index (χ3v) is 2.90. The van der Waals surface area contributed by atoms with Crippen LogP contribution in [0.1, 0.15) is 15.9 Å². The van der Waals surface area contributed by atoms with Crippen LogP contribution in [0.2, 0.25) is 0 Å². The molecule has 1 heterocycles. The van der Waals surface area contributed by atoms with Gasteiger partial charge < -0.3 is 5.11 Å². The number of rotatable bonds is 2. The molecule has 0 bridgehead atoms. The van der Waals surface area contributed by atoms with Gasteiger partial charge in [0.25, 0.3) is 0 Å². The highest BCUT2D eigenvalue weighted by Gasteiger charge is 2.32. The van der Waals surface area contributed by atoms with Crippen LogP contribution in [0.25, 0.3) is 0 Å². The van der Waals surface area contributed by atoms with E-state index in [-0.39, 0.29) is 10.8 Å². The van der Waals surface area contributed by atoms with Crippen molar-refractivity contribution < 1.29 is 18.3 Å². The van der Waals surface area contributed by atoms with Gasteiger partial charge in [0.15, 0.2) is 0 Å². The molecule has 13 heavy (non-hydrogen) atoms. The van der Waals surface area contributed by atoms with Crippen molar-refractivity contribution in [1.29, 1.82) is 0 Å². The Balaban J connectivity index is 2.87. The first-order chi connectivity index (χ1) is 5.95. The maximum absolute atomic E-state index is 12.1. The van der Waals surface area contributed by atoms with E-state index in [2.05, 4.69) is 0 Å². The molecule has 0 fully saturated rings. The summed E-state index contributed by atoms with van der Waals surface area (Å²) in [5.41, 5.74) is 0. The lowest BCUT2D eigenvalue weighted by Crippen LogP contribution is -2.00. The van der Waals surface area contributed by atoms with Crippen LogP contribution in [0.5, 0.6) is 0 Å². The van der Waals surface area contributed by atoms with Crippen LogP contribution in [-0.4, -0.2) is 11.0 Å². The summed E-state index contributed by atoms with van der Waals surface area (Å²) in [5, 5.41) is 9.12. The Morgan fingerprint density at radius 3 is 2.46 bits per heavy atom. The molecular formula is C7H6ClF3OS. The zero-order chi connectivity index (χ0) is 10.1. The Hall–Kier alpha value is -0.260. The summed E-state index contributed by atoms with van der Waals surface area (Å²) in [6.45, 7) is 0. The number of aliphatic hydroxyl groups excluding tert-OH is 1. The fourth-order valence-corrected chi connectivity index (χ4v) is 1.88. The second-order valence-electron chi connectivity index (χ2n) is 2.37. The van der Waals surface area contributed by atoms with Crippen molar-refractivity contribution in [3.63, 3.8) is 0 Å². The second kappa shape index (κ2) is 3.86. The lowest BCUT2D eigenvalue weighted by Gasteiger charge is -2.03. The normalized spacial score (nSPS) is 14.5. The third kappa shape index (κ3) is 2.59. The predicted octanol–water partition coefficient (Wildman–Crippen LogP) is 3.04. The summed E-state index contributed by atoms with van der Waals surface area (Å²) in [5.74, 6) is -0.0994. The lowest BCUT2D eigenvalue weighted by atomic mass is 10.3. The average molecular weight is 231 g/mol. The molecule has 0 amide bonds. The van der Waals surface area contributed by atoms with Crippen LogP contribution >= 0.6 is 22.9 Å². The highest BCUT2D eigenvalue weighted by Crippen LogP contribution is 2.36. The molecule has 6 heteroatoms. The minimum absolute atomic E-state index is 0.0994. The SMILES string of the molecule is OC(CCl)c1ccc(C(F)(F)F)s1. The van der Waals surface area contributed by atoms with Crippen LogP contribution in [0.4, 0.5) is 13.2 Å². The van der Waals surface area contributed by atoms with E-state index in [1.807, 2.05) is 0 Å². The summed E-state index contributed by atoms with van der Waals surface area (Å²) < 4.78 is 36.2. The fourth-order valence-electron chi connectivity index (χ4n) is 0.760. The van der Waals surface area contributed by atoms with Gasteiger partial charge in [-0.3, -0.25) is 0 Å². The number of halogens is 4. The van der Waals surface area contributed by atoms with Gasteiger partial charge in [-0.2, -0.15) is 13.2 Å². The van der Waals surface area contributed by atoms with Crippen LogP contribution in [0.3, 0.4) is 0 Å². The quantitative estimate of drug-likeness (QED) is 0.775. The summed E-state index contributed by atoms with van der Waals surface area (Å²) in [6.07, 6.45) is -5.35. The van der Waals surface area contributed by atoms with Crippen LogP contribution in [0, 0.1) is 0 Å². The van der Waals surface area contributed by atoms with Crippen LogP contribution in [-0.2, 0) is 6.18 Å². The monoisotopic (exact) mass is 230 g/mol. The van der Waals surface area contributed by atoms with Gasteiger partial charge in [0, 0.05) is 4.88 Å². The molecule has 1 nitrogen and oxygen atoms in total. The van der Waals surface area contributed by atoms with Gasteiger partial charge in [-0.05, 0) is 12.1 Å². The standard InChI is InChI=1S/C7H6ClF3OS/c8-3-4(12)5-1-2-6(13-5)7(9,10)11/h1-2,4,12H,3H2. The van der Waals surface area contributed by atoms with E-state index >= 15 is 0 Å². The average Bonchev–Trinajstić information content (AvgIpc) is 2.50. The number of thiophene rings is 1. The molecule has 0 aromatic carbocycles. The molecule has 1 aromatic heterocycles. The molecule has 0 radical (unpaired) electrons. The summed E-state index contributed by atoms with van der Waals surface area (Å²) in [6, 6.07) is 2.18. The zero-order valence-corrected chi connectivity index (χ0v) is 7.88. The Labute approximate surface area is 81.8 Å². The zero-order valence-electron chi connectivity index (χ0n) is 6.31. The molecule has 0 aliphatic carbocycles. The summed E-state index contributed by atoms with van der Waals surface area (Å²) >= 11 is 5.80. The van der Waals surface area contributed by atoms with Crippen molar-refractivity contribution in [2.45, 2.75) is 12.3 Å². The van der Waals surface area contributed by atoms with Crippen molar-refractivity contribution >= 4 is 22.9 Å². The van der Waals surface area contributed by atoms with E-state index in [9.17, 15) is 13.2 Å². The van der Waals surface area contributed by atoms with E-state index in [1.54, 1.807) is 0 Å². The first-order valence-electron chi connectivity index (χ1n) is 3.36. The van der Waals surface area contributed by atoms with Crippen molar-refractivity contribution in [3.8, 4) is 0 Å². The maximum atomic E-state index is 12.1. The van der Waals surface area contributed by atoms with Gasteiger partial charge in [-0.15, -0.1) is 22.9 Å². The molecule has 0 spiro atoms. The Morgan fingerprint density at radius 1 is 1.46 bits per heavy atom. The van der Waals surface area contributed by atoms with E-state index in [0.29, 0.717) is 11.3 Å². The van der Waals surface area contributed by atoms with E-state index in [4.69, 9.17) is 16.7 Å². The number of aliphatic hydroxyl groups is 1. The minimum Gasteiger partial charge on any atom is -0.386 e. The fraction of sp³-hybridized carbons (Fsp3) is 0.429. The molecule has 1 rings (SSSR count). The first-order valence-corrected chi connectivity index (χ1v) is 4.71. The van der Waals surface area contributed by atoms with Crippen molar-refractivity contribution in [2.24, 2.45) is 0 Å². The molecule has 74 valence electrons. The molecule has 0 saturated heterocycles. The maximum Gasteiger partial charge on any atom is 0.425 e. The van der Waals surface area contributed by atoms with E-state index in [1.165, 1.54) is 6.07 Å². The minimum atomic E-state index is -4.34. The lowest BCUT2D eigenvalue weighted by molar-refractivity contribution is -0.134. The molecular weight excluding hydrogens is 225 g/mol. The third-order valence-electron chi connectivity index (χ3n) is 1.38. The largest absolute Gasteiger partial charge is 0.425 e. The summed E-state index contributed by atoms with van der Waals surface area (Å²) in [4.78, 5) is -0.478. The molecule has 0 aliphatic heterocycles. The topological polar surface area (TPSA) is 20.2 Å². The molecule has 0 saturated carbocycles. The van der Waals surface area contributed by atoms with Crippen LogP contribution in [0.15, 0.2) is 12.1 Å². The molecule has 1 atom stereocenters. The van der Waals surface area contributed by atoms with Crippen molar-refractivity contribution in [2.75, 3.05) is 5.88 Å². The van der Waals surface area contributed by atoms with Crippen molar-refractivity contribution in [3.05, 3.63) is 21.9 Å². The van der Waals surface area contributed by atoms with Gasteiger partial charge in [0.05, 0.1) is 5.88 Å². The first kappa shape index (κ1) is 10.8. The Bertz CT molecular complexity index is 284. The number of hydrogen-bond acceptors (Lipinski definition) is 2. The Kier molecular flexibility index (Phi) is 3.21. The highest BCUT2D eigenvalue weighted by molar-refractivity contribution is 7.12.